The van der Waals surface area contributed by atoms with Crippen LogP contribution in [-0.2, 0) is 13.1 Å². The molecule has 0 aliphatic heterocycles. The van der Waals surface area contributed by atoms with Gasteiger partial charge in [0.2, 0.25) is 0 Å². The van der Waals surface area contributed by atoms with Crippen LogP contribution in [0.5, 0.6) is 0 Å². The van der Waals surface area contributed by atoms with Crippen LogP contribution < -0.4 is 10.9 Å². The van der Waals surface area contributed by atoms with E-state index in [0.717, 1.165) is 10.0 Å². The van der Waals surface area contributed by atoms with Gasteiger partial charge in [-0.3, -0.25) is 4.79 Å². The third kappa shape index (κ3) is 4.01. The highest BCUT2D eigenvalue weighted by atomic mass is 79.9. The molecular weight excluding hydrogens is 311 g/mol. The summed E-state index contributed by atoms with van der Waals surface area (Å²) in [7, 11) is 0. The van der Waals surface area contributed by atoms with Crippen molar-refractivity contribution in [2.75, 3.05) is 6.54 Å². The van der Waals surface area contributed by atoms with Crippen LogP contribution in [0.4, 0.5) is 4.39 Å². The summed E-state index contributed by atoms with van der Waals surface area (Å²) in [6.07, 6.45) is 1.75. The topological polar surface area (TPSA) is 34.0 Å². The molecule has 100 valence electrons. The SMILES string of the molecule is O=c1ccccn1CCNCc1cc(F)ccc1Br. The quantitative estimate of drug-likeness (QED) is 0.857. The molecule has 0 bridgehead atoms. The van der Waals surface area contributed by atoms with E-state index in [-0.39, 0.29) is 11.4 Å². The standard InChI is InChI=1S/C14H14BrFN2O/c15-13-5-4-12(16)9-11(13)10-17-6-8-18-7-2-1-3-14(18)19/h1-5,7,9,17H,6,8,10H2. The minimum absolute atomic E-state index is 0.0174. The van der Waals surface area contributed by atoms with Crippen molar-refractivity contribution in [3.8, 4) is 0 Å². The summed E-state index contributed by atoms with van der Waals surface area (Å²) in [5.41, 5.74) is 0.844. The van der Waals surface area contributed by atoms with Gasteiger partial charge < -0.3 is 9.88 Å². The predicted octanol–water partition coefficient (Wildman–Crippen LogP) is 2.54. The van der Waals surface area contributed by atoms with Gasteiger partial charge in [-0.05, 0) is 29.8 Å². The van der Waals surface area contributed by atoms with E-state index in [4.69, 9.17) is 0 Å². The lowest BCUT2D eigenvalue weighted by Crippen LogP contribution is -2.25. The Morgan fingerprint density at radius 1 is 1.26 bits per heavy atom. The Bertz CT molecular complexity index is 612. The maximum absolute atomic E-state index is 13.1. The van der Waals surface area contributed by atoms with E-state index >= 15 is 0 Å². The van der Waals surface area contributed by atoms with E-state index in [2.05, 4.69) is 21.2 Å². The summed E-state index contributed by atoms with van der Waals surface area (Å²) >= 11 is 3.38. The summed E-state index contributed by atoms with van der Waals surface area (Å²) < 4.78 is 15.6. The molecular formula is C14H14BrFN2O. The third-order valence-electron chi connectivity index (χ3n) is 2.75. The van der Waals surface area contributed by atoms with Crippen molar-refractivity contribution in [2.45, 2.75) is 13.1 Å². The molecule has 2 rings (SSSR count). The summed E-state index contributed by atoms with van der Waals surface area (Å²) in [6, 6.07) is 9.67. The normalized spacial score (nSPS) is 10.6. The number of rotatable bonds is 5. The van der Waals surface area contributed by atoms with Gasteiger partial charge in [0.05, 0.1) is 0 Å². The Hall–Kier alpha value is -1.46. The largest absolute Gasteiger partial charge is 0.314 e. The molecule has 0 aliphatic rings. The Morgan fingerprint density at radius 3 is 2.89 bits per heavy atom. The van der Waals surface area contributed by atoms with Crippen LogP contribution in [-0.4, -0.2) is 11.1 Å². The van der Waals surface area contributed by atoms with Crippen LogP contribution in [0.2, 0.25) is 0 Å². The lowest BCUT2D eigenvalue weighted by molar-refractivity contribution is 0.580. The molecule has 5 heteroatoms. The van der Waals surface area contributed by atoms with E-state index in [1.807, 2.05) is 6.07 Å². The van der Waals surface area contributed by atoms with Crippen molar-refractivity contribution < 1.29 is 4.39 Å². The molecule has 1 aromatic heterocycles. The van der Waals surface area contributed by atoms with Gasteiger partial charge in [-0.1, -0.05) is 22.0 Å². The molecule has 0 radical (unpaired) electrons. The lowest BCUT2D eigenvalue weighted by Gasteiger charge is -2.08. The number of halogens is 2. The van der Waals surface area contributed by atoms with E-state index in [1.165, 1.54) is 18.2 Å². The van der Waals surface area contributed by atoms with Gasteiger partial charge in [-0.15, -0.1) is 0 Å². The molecule has 0 saturated carbocycles. The summed E-state index contributed by atoms with van der Waals surface area (Å²) in [5, 5.41) is 3.19. The van der Waals surface area contributed by atoms with Crippen molar-refractivity contribution in [3.05, 3.63) is 68.8 Å². The van der Waals surface area contributed by atoms with Crippen LogP contribution >= 0.6 is 15.9 Å². The van der Waals surface area contributed by atoms with Gasteiger partial charge >= 0.3 is 0 Å². The first-order valence-corrected chi connectivity index (χ1v) is 6.76. The van der Waals surface area contributed by atoms with Crippen LogP contribution in [0.25, 0.3) is 0 Å². The minimum Gasteiger partial charge on any atom is -0.314 e. The number of benzene rings is 1. The first kappa shape index (κ1) is 14.0. The van der Waals surface area contributed by atoms with Crippen LogP contribution in [0, 0.1) is 5.82 Å². The molecule has 1 aromatic carbocycles. The first-order chi connectivity index (χ1) is 9.16. The molecule has 19 heavy (non-hydrogen) atoms. The van der Waals surface area contributed by atoms with E-state index in [1.54, 1.807) is 22.9 Å². The fourth-order valence-corrected chi connectivity index (χ4v) is 2.13. The molecule has 3 nitrogen and oxygen atoms in total. The highest BCUT2D eigenvalue weighted by molar-refractivity contribution is 9.10. The van der Waals surface area contributed by atoms with Gasteiger partial charge in [0.1, 0.15) is 5.82 Å². The monoisotopic (exact) mass is 324 g/mol. The lowest BCUT2D eigenvalue weighted by atomic mass is 10.2. The van der Waals surface area contributed by atoms with Gasteiger partial charge in [0.15, 0.2) is 0 Å². The number of pyridine rings is 1. The summed E-state index contributed by atoms with van der Waals surface area (Å²) in [6.45, 7) is 1.79. The molecule has 0 atom stereocenters. The average molecular weight is 325 g/mol. The number of hydrogen-bond donors (Lipinski definition) is 1. The van der Waals surface area contributed by atoms with Crippen molar-refractivity contribution in [1.29, 1.82) is 0 Å². The summed E-state index contributed by atoms with van der Waals surface area (Å²) in [4.78, 5) is 11.5. The summed E-state index contributed by atoms with van der Waals surface area (Å²) in [5.74, 6) is -0.251. The fraction of sp³-hybridized carbons (Fsp3) is 0.214. The maximum Gasteiger partial charge on any atom is 0.250 e. The number of aromatic nitrogens is 1. The van der Waals surface area contributed by atoms with Crippen LogP contribution in [0.1, 0.15) is 5.56 Å². The Morgan fingerprint density at radius 2 is 2.11 bits per heavy atom. The molecule has 0 unspecified atom stereocenters. The third-order valence-corrected chi connectivity index (χ3v) is 3.53. The van der Waals surface area contributed by atoms with Crippen molar-refractivity contribution in [1.82, 2.24) is 9.88 Å². The molecule has 0 amide bonds. The van der Waals surface area contributed by atoms with Crippen LogP contribution in [0.3, 0.4) is 0 Å². The Kier molecular flexibility index (Phi) is 4.87. The predicted molar refractivity (Wildman–Crippen MR) is 76.5 cm³/mol. The second kappa shape index (κ2) is 6.63. The van der Waals surface area contributed by atoms with E-state index in [0.29, 0.717) is 19.6 Å². The molecule has 1 N–H and O–H groups in total. The van der Waals surface area contributed by atoms with Gasteiger partial charge in [0.25, 0.3) is 5.56 Å². The molecule has 0 aliphatic carbocycles. The molecule has 2 aromatic rings. The number of nitrogens with one attached hydrogen (secondary N) is 1. The Labute approximate surface area is 119 Å². The second-order valence-corrected chi connectivity index (χ2v) is 5.00. The molecule has 0 saturated heterocycles. The highest BCUT2D eigenvalue weighted by Crippen LogP contribution is 2.17. The average Bonchev–Trinajstić information content (AvgIpc) is 2.40. The van der Waals surface area contributed by atoms with E-state index < -0.39 is 0 Å². The van der Waals surface area contributed by atoms with Crippen molar-refractivity contribution >= 4 is 15.9 Å². The molecule has 0 fully saturated rings. The van der Waals surface area contributed by atoms with E-state index in [9.17, 15) is 9.18 Å². The highest BCUT2D eigenvalue weighted by Gasteiger charge is 2.01. The van der Waals surface area contributed by atoms with Gasteiger partial charge in [-0.2, -0.15) is 0 Å². The zero-order chi connectivity index (χ0) is 13.7. The van der Waals surface area contributed by atoms with Crippen molar-refractivity contribution in [2.24, 2.45) is 0 Å². The zero-order valence-corrected chi connectivity index (χ0v) is 11.9. The first-order valence-electron chi connectivity index (χ1n) is 5.97. The minimum atomic E-state index is -0.251. The van der Waals surface area contributed by atoms with Crippen molar-refractivity contribution in [3.63, 3.8) is 0 Å². The molecule has 1 heterocycles. The maximum atomic E-state index is 13.1. The fourth-order valence-electron chi connectivity index (χ4n) is 1.75. The van der Waals surface area contributed by atoms with Gasteiger partial charge in [0, 0.05) is 36.4 Å². The number of nitrogens with zero attached hydrogens (tertiary/aromatic N) is 1. The Balaban J connectivity index is 1.86. The molecule has 0 spiro atoms. The smallest absolute Gasteiger partial charge is 0.250 e. The zero-order valence-electron chi connectivity index (χ0n) is 10.3. The van der Waals surface area contributed by atoms with Gasteiger partial charge in [-0.25, -0.2) is 4.39 Å². The number of hydrogen-bond acceptors (Lipinski definition) is 2. The van der Waals surface area contributed by atoms with Crippen LogP contribution in [0.15, 0.2) is 51.9 Å². The second-order valence-electron chi connectivity index (χ2n) is 4.14.